The molecule has 0 fully saturated rings. The molecule has 0 saturated heterocycles. The summed E-state index contributed by atoms with van der Waals surface area (Å²) < 4.78 is 1.66. The number of halogens is 2. The molecule has 0 radical (unpaired) electrons. The van der Waals surface area contributed by atoms with Gasteiger partial charge in [-0.1, -0.05) is 0 Å². The van der Waals surface area contributed by atoms with Gasteiger partial charge in [0.05, 0.1) is 0 Å². The second-order valence-corrected chi connectivity index (χ2v) is 5.87. The molecular formula is C14H23Cl2Ti-. The Morgan fingerprint density at radius 2 is 1.29 bits per heavy atom. The molecule has 1 rings (SSSR count). The molecule has 3 heteroatoms. The summed E-state index contributed by atoms with van der Waals surface area (Å²) in [4.78, 5) is 0. The van der Waals surface area contributed by atoms with Crippen LogP contribution in [0.4, 0.5) is 0 Å². The Kier molecular flexibility index (Phi) is 19.4. The molecule has 0 N–H and O–H groups in total. The second-order valence-electron chi connectivity index (χ2n) is 4.76. The van der Waals surface area contributed by atoms with Crippen LogP contribution in [0.5, 0.6) is 0 Å². The van der Waals surface area contributed by atoms with Crippen molar-refractivity contribution >= 4 is 3.81 Å². The molecule has 0 spiro atoms. The van der Waals surface area contributed by atoms with Crippen molar-refractivity contribution in [3.05, 3.63) is 30.3 Å². The summed E-state index contributed by atoms with van der Waals surface area (Å²) in [6.07, 6.45) is 2.61. The van der Waals surface area contributed by atoms with Gasteiger partial charge in [-0.05, 0) is 0 Å². The summed E-state index contributed by atoms with van der Waals surface area (Å²) in [5.74, 6) is 1.66. The smallest absolute Gasteiger partial charge is 0.172 e. The molecule has 0 atom stereocenters. The zero-order valence-electron chi connectivity index (χ0n) is 11.2. The second kappa shape index (κ2) is 14.6. The summed E-state index contributed by atoms with van der Waals surface area (Å²) in [6, 6.07) is 10.0. The predicted octanol–water partition coefficient (Wildman–Crippen LogP) is -1.79. The summed E-state index contributed by atoms with van der Waals surface area (Å²) in [7, 11) is 0. The van der Waals surface area contributed by atoms with Crippen molar-refractivity contribution in [2.24, 2.45) is 11.8 Å². The van der Waals surface area contributed by atoms with Gasteiger partial charge in [-0.3, -0.25) is 0 Å². The Bertz CT molecular complexity index is 212. The number of hydrogen-bond donors (Lipinski definition) is 0. The van der Waals surface area contributed by atoms with E-state index in [1.165, 1.54) is 12.8 Å². The normalized spacial score (nSPS) is 8.94. The van der Waals surface area contributed by atoms with Crippen LogP contribution in [0.15, 0.2) is 30.3 Å². The Balaban J connectivity index is -0.000000238. The van der Waals surface area contributed by atoms with Gasteiger partial charge in [0.15, 0.2) is 0 Å². The maximum absolute atomic E-state index is 2.28. The van der Waals surface area contributed by atoms with E-state index in [4.69, 9.17) is 0 Å². The maximum atomic E-state index is 2.28. The Hall–Kier alpha value is 0.514. The van der Waals surface area contributed by atoms with Crippen molar-refractivity contribution in [3.63, 3.8) is 0 Å². The van der Waals surface area contributed by atoms with Crippen LogP contribution in [0.3, 0.4) is 0 Å². The van der Waals surface area contributed by atoms with E-state index >= 15 is 0 Å². The van der Waals surface area contributed by atoms with E-state index in [0.29, 0.717) is 0 Å². The first kappa shape index (κ1) is 22.7. The van der Waals surface area contributed by atoms with Crippen LogP contribution in [0.1, 0.15) is 40.5 Å². The Morgan fingerprint density at radius 3 is 1.47 bits per heavy atom. The molecule has 0 saturated carbocycles. The van der Waals surface area contributed by atoms with Crippen LogP contribution < -0.4 is 24.8 Å². The van der Waals surface area contributed by atoms with Gasteiger partial charge in [-0.15, -0.1) is 0 Å². The quantitative estimate of drug-likeness (QED) is 0.455. The third kappa shape index (κ3) is 19.0. The van der Waals surface area contributed by atoms with Gasteiger partial charge in [0.25, 0.3) is 0 Å². The van der Waals surface area contributed by atoms with E-state index < -0.39 is 0 Å². The Labute approximate surface area is 131 Å². The number of rotatable bonds is 4. The van der Waals surface area contributed by atoms with Crippen LogP contribution in [-0.2, 0) is 20.0 Å². The van der Waals surface area contributed by atoms with Crippen LogP contribution in [0.2, 0.25) is 0 Å². The van der Waals surface area contributed by atoms with Gasteiger partial charge < -0.3 is 24.8 Å². The summed E-state index contributed by atoms with van der Waals surface area (Å²) in [5, 5.41) is 0. The zero-order chi connectivity index (χ0) is 11.7. The topological polar surface area (TPSA) is 0 Å². The van der Waals surface area contributed by atoms with Gasteiger partial charge in [-0.2, -0.15) is 18.2 Å². The molecule has 0 unspecified atom stereocenters. The van der Waals surface area contributed by atoms with Crippen molar-refractivity contribution in [1.29, 1.82) is 0 Å². The van der Waals surface area contributed by atoms with Crippen molar-refractivity contribution in [3.8, 4) is 0 Å². The largest absolute Gasteiger partial charge is 1.00 e. The summed E-state index contributed by atoms with van der Waals surface area (Å²) in [5.41, 5.74) is 0. The standard InChI is InChI=1S/C9H18.C5H5.2ClH.Ti/c1-8(2)6-5-7-9(3)4;1-2-4-5-3-1;;;/h8-9H,6-7H2,1-4H3;1-5H;2*1H;/q;-1;;;+2/p-2. The molecule has 0 bridgehead atoms. The van der Waals surface area contributed by atoms with Crippen LogP contribution in [0, 0.1) is 11.8 Å². The van der Waals surface area contributed by atoms with E-state index in [2.05, 4.69) is 47.7 Å². The summed E-state index contributed by atoms with van der Waals surface area (Å²) >= 11 is 2.28. The van der Waals surface area contributed by atoms with E-state index in [1.54, 1.807) is 3.81 Å². The first-order valence-corrected chi connectivity index (χ1v) is 6.53. The van der Waals surface area contributed by atoms with Crippen molar-refractivity contribution in [1.82, 2.24) is 0 Å². The number of hydrogen-bond acceptors (Lipinski definition) is 0. The van der Waals surface area contributed by atoms with E-state index in [-0.39, 0.29) is 24.8 Å². The van der Waals surface area contributed by atoms with E-state index in [1.807, 2.05) is 30.3 Å². The first-order valence-electron chi connectivity index (χ1n) is 5.75. The van der Waals surface area contributed by atoms with Crippen molar-refractivity contribution in [2.75, 3.05) is 0 Å². The van der Waals surface area contributed by atoms with Gasteiger partial charge in [0, 0.05) is 0 Å². The minimum Gasteiger partial charge on any atom is -1.00 e. The third-order valence-electron chi connectivity index (χ3n) is 1.86. The molecule has 0 aliphatic rings. The van der Waals surface area contributed by atoms with Gasteiger partial charge in [0.2, 0.25) is 0 Å². The fourth-order valence-electron chi connectivity index (χ4n) is 1.39. The molecule has 1 aromatic rings. The van der Waals surface area contributed by atoms with Gasteiger partial charge in [0.1, 0.15) is 0 Å². The van der Waals surface area contributed by atoms with Crippen LogP contribution in [0.25, 0.3) is 0 Å². The fraction of sp³-hybridized carbons (Fsp3) is 0.571. The molecular weight excluding hydrogens is 287 g/mol. The molecule has 0 heterocycles. The molecule has 0 aromatic heterocycles. The van der Waals surface area contributed by atoms with Gasteiger partial charge in [-0.25, -0.2) is 12.1 Å². The zero-order valence-corrected chi connectivity index (χ0v) is 14.3. The van der Waals surface area contributed by atoms with Crippen molar-refractivity contribution < 1.29 is 44.8 Å². The molecule has 0 aliphatic carbocycles. The average molecular weight is 310 g/mol. The molecule has 98 valence electrons. The predicted molar refractivity (Wildman–Crippen MR) is 66.0 cm³/mol. The van der Waals surface area contributed by atoms with Crippen molar-refractivity contribution in [2.45, 2.75) is 40.5 Å². The third-order valence-corrected chi connectivity index (χ3v) is 2.50. The van der Waals surface area contributed by atoms with E-state index in [0.717, 1.165) is 11.8 Å². The van der Waals surface area contributed by atoms with Crippen LogP contribution in [-0.4, -0.2) is 3.81 Å². The minimum absolute atomic E-state index is 0. The maximum Gasteiger partial charge on any atom is -0.172 e. The first-order chi connectivity index (χ1) is 7.02. The van der Waals surface area contributed by atoms with Gasteiger partial charge >= 0.3 is 76.2 Å². The van der Waals surface area contributed by atoms with E-state index in [9.17, 15) is 0 Å². The average Bonchev–Trinajstić information content (AvgIpc) is 2.55. The molecule has 1 aromatic carbocycles. The fourth-order valence-corrected chi connectivity index (χ4v) is 2.66. The van der Waals surface area contributed by atoms with Crippen LogP contribution >= 0.6 is 0 Å². The molecule has 0 nitrogen and oxygen atoms in total. The molecule has 17 heavy (non-hydrogen) atoms. The SMILES string of the molecule is CC(C)C[C](=[Ti+2])CC(C)C.[Cl-].[Cl-].c1cc[cH-]c1. The molecule has 0 amide bonds. The Morgan fingerprint density at radius 1 is 0.941 bits per heavy atom. The monoisotopic (exact) mass is 309 g/mol. The summed E-state index contributed by atoms with van der Waals surface area (Å²) in [6.45, 7) is 9.13. The minimum atomic E-state index is 0. The molecule has 0 aliphatic heterocycles.